The van der Waals surface area contributed by atoms with Gasteiger partial charge in [-0.05, 0) is 50.4 Å². The maximum Gasteiger partial charge on any atom is 0.234 e. The summed E-state index contributed by atoms with van der Waals surface area (Å²) in [5.74, 6) is 1.10. The molecule has 11 heteroatoms. The number of piperazine rings is 1. The van der Waals surface area contributed by atoms with Crippen LogP contribution in [0.5, 0.6) is 5.88 Å². The molecule has 0 N–H and O–H groups in total. The van der Waals surface area contributed by atoms with Gasteiger partial charge in [-0.2, -0.15) is 20.8 Å². The SMILES string of the molecule is C=CS(=O)N1CCN(c2nc(OC[C@@H]3CCCN3C)c(C#N)c3c2CCN(c2cccc4cccc(C#N)c24)C3)C[C@H]1CC#N. The summed E-state index contributed by atoms with van der Waals surface area (Å²) in [7, 11) is 0.715. The quantitative estimate of drug-likeness (QED) is 0.364. The van der Waals surface area contributed by atoms with E-state index in [2.05, 4.69) is 46.5 Å². The van der Waals surface area contributed by atoms with Crippen molar-refractivity contribution in [1.82, 2.24) is 14.2 Å². The normalized spacial score (nSPS) is 21.0. The number of ether oxygens (including phenoxy) is 1. The summed E-state index contributed by atoms with van der Waals surface area (Å²) in [5.41, 5.74) is 3.90. The maximum atomic E-state index is 12.7. The highest BCUT2D eigenvalue weighted by molar-refractivity contribution is 7.85. The van der Waals surface area contributed by atoms with Crippen LogP contribution >= 0.6 is 0 Å². The lowest BCUT2D eigenvalue weighted by molar-refractivity contribution is 0.192. The second kappa shape index (κ2) is 13.3. The molecular weight excluding hydrogens is 584 g/mol. The molecule has 45 heavy (non-hydrogen) atoms. The first kappa shape index (κ1) is 30.6. The largest absolute Gasteiger partial charge is 0.475 e. The predicted octanol–water partition coefficient (Wildman–Crippen LogP) is 4.23. The minimum atomic E-state index is -1.38. The zero-order valence-corrected chi connectivity index (χ0v) is 26.3. The first-order valence-electron chi connectivity index (χ1n) is 15.3. The van der Waals surface area contributed by atoms with Crippen LogP contribution in [0.4, 0.5) is 11.5 Å². The highest BCUT2D eigenvalue weighted by Crippen LogP contribution is 2.39. The Labute approximate surface area is 266 Å². The third kappa shape index (κ3) is 5.85. The van der Waals surface area contributed by atoms with Crippen LogP contribution in [0.25, 0.3) is 10.8 Å². The first-order chi connectivity index (χ1) is 22.0. The fourth-order valence-corrected chi connectivity index (χ4v) is 7.84. The molecule has 6 rings (SSSR count). The predicted molar refractivity (Wildman–Crippen MR) is 175 cm³/mol. The Morgan fingerprint density at radius 3 is 2.58 bits per heavy atom. The Balaban J connectivity index is 1.42. The van der Waals surface area contributed by atoms with Crippen molar-refractivity contribution in [2.24, 2.45) is 0 Å². The number of hydrogen-bond donors (Lipinski definition) is 0. The van der Waals surface area contributed by atoms with Crippen molar-refractivity contribution in [2.75, 3.05) is 56.2 Å². The molecule has 230 valence electrons. The molecule has 0 spiro atoms. The molecule has 0 bridgehead atoms. The fraction of sp³-hybridized carbons (Fsp3) is 0.412. The Kier molecular flexibility index (Phi) is 9.00. The number of anilines is 2. The zero-order valence-electron chi connectivity index (χ0n) is 25.5. The van der Waals surface area contributed by atoms with E-state index in [-0.39, 0.29) is 18.5 Å². The Morgan fingerprint density at radius 1 is 1.04 bits per heavy atom. The van der Waals surface area contributed by atoms with E-state index in [1.165, 1.54) is 5.41 Å². The van der Waals surface area contributed by atoms with E-state index >= 15 is 0 Å². The average molecular weight is 621 g/mol. The van der Waals surface area contributed by atoms with Gasteiger partial charge in [0.25, 0.3) is 0 Å². The van der Waals surface area contributed by atoms with Crippen LogP contribution < -0.4 is 14.5 Å². The first-order valence-corrected chi connectivity index (χ1v) is 16.5. The molecule has 1 unspecified atom stereocenters. The van der Waals surface area contributed by atoms with Gasteiger partial charge in [0.05, 0.1) is 30.2 Å². The highest BCUT2D eigenvalue weighted by atomic mass is 32.2. The second-order valence-electron chi connectivity index (χ2n) is 11.8. The van der Waals surface area contributed by atoms with Gasteiger partial charge in [-0.3, -0.25) is 0 Å². The maximum absolute atomic E-state index is 12.7. The molecule has 0 radical (unpaired) electrons. The third-order valence-corrected chi connectivity index (χ3v) is 10.5. The van der Waals surface area contributed by atoms with Crippen LogP contribution in [-0.2, 0) is 24.0 Å². The monoisotopic (exact) mass is 620 g/mol. The molecule has 2 fully saturated rings. The van der Waals surface area contributed by atoms with Crippen LogP contribution in [0.2, 0.25) is 0 Å². The molecule has 3 aromatic rings. The molecule has 0 saturated carbocycles. The standard InChI is InChI=1S/C34H36N8O2S/c1-3-45(43)42-18-17-41(21-26(42)12-14-35)33-28-13-16-40(31-11-5-8-24-7-4-9-25(19-36)32(24)31)22-30(28)29(20-37)34(38-33)44-23-27-10-6-15-39(27)2/h3-5,7-9,11,26-27H,1,6,10,12-13,15-18,21-23H2,2H3/t26-,27+,45?/m1/s1. The van der Waals surface area contributed by atoms with Gasteiger partial charge in [0.15, 0.2) is 0 Å². The molecule has 4 heterocycles. The number of likely N-dealkylation sites (tertiary alicyclic amines) is 1. The summed E-state index contributed by atoms with van der Waals surface area (Å²) < 4.78 is 20.9. The minimum Gasteiger partial charge on any atom is -0.475 e. The number of hydrogen-bond acceptors (Lipinski definition) is 9. The number of fused-ring (bicyclic) bond motifs is 2. The molecular formula is C34H36N8O2S. The number of nitrogens with zero attached hydrogens (tertiary/aromatic N) is 8. The Hall–Kier alpha value is -4.47. The number of benzene rings is 2. The van der Waals surface area contributed by atoms with Crippen LogP contribution in [0.3, 0.4) is 0 Å². The second-order valence-corrected chi connectivity index (χ2v) is 13.1. The number of likely N-dealkylation sites (N-methyl/N-ethyl adjacent to an activating group) is 1. The molecule has 3 aliphatic heterocycles. The summed E-state index contributed by atoms with van der Waals surface area (Å²) in [5, 5.41) is 33.3. The average Bonchev–Trinajstić information content (AvgIpc) is 3.49. The summed E-state index contributed by atoms with van der Waals surface area (Å²) in [4.78, 5) is 11.7. The molecule has 3 atom stereocenters. The fourth-order valence-electron chi connectivity index (χ4n) is 6.95. The Bertz CT molecular complexity index is 1770. The molecule has 10 nitrogen and oxygen atoms in total. The van der Waals surface area contributed by atoms with Gasteiger partial charge in [-0.1, -0.05) is 30.8 Å². The molecule has 3 aliphatic rings. The summed E-state index contributed by atoms with van der Waals surface area (Å²) in [6, 6.07) is 18.9. The van der Waals surface area contributed by atoms with Crippen molar-refractivity contribution in [1.29, 1.82) is 15.8 Å². The molecule has 2 saturated heterocycles. The van der Waals surface area contributed by atoms with E-state index in [4.69, 9.17) is 9.72 Å². The van der Waals surface area contributed by atoms with Crippen molar-refractivity contribution in [2.45, 2.75) is 44.3 Å². The van der Waals surface area contributed by atoms with E-state index in [0.29, 0.717) is 62.8 Å². The lowest BCUT2D eigenvalue weighted by Crippen LogP contribution is -2.53. The van der Waals surface area contributed by atoms with E-state index in [9.17, 15) is 20.0 Å². The van der Waals surface area contributed by atoms with Crippen molar-refractivity contribution in [3.05, 3.63) is 70.6 Å². The smallest absolute Gasteiger partial charge is 0.234 e. The van der Waals surface area contributed by atoms with Gasteiger partial charge in [0, 0.05) is 66.4 Å². The lowest BCUT2D eigenvalue weighted by atomic mass is 9.94. The molecule has 1 aromatic heterocycles. The zero-order chi connectivity index (χ0) is 31.5. The molecule has 2 aromatic carbocycles. The van der Waals surface area contributed by atoms with Crippen LogP contribution in [0.15, 0.2) is 48.4 Å². The van der Waals surface area contributed by atoms with Crippen LogP contribution in [-0.4, -0.2) is 76.9 Å². The van der Waals surface area contributed by atoms with Gasteiger partial charge in [-0.25, -0.2) is 8.51 Å². The van der Waals surface area contributed by atoms with Crippen molar-refractivity contribution in [3.8, 4) is 24.1 Å². The number of pyridine rings is 1. The summed E-state index contributed by atoms with van der Waals surface area (Å²) in [6.07, 6.45) is 3.01. The third-order valence-electron chi connectivity index (χ3n) is 9.31. The minimum absolute atomic E-state index is 0.224. The van der Waals surface area contributed by atoms with Crippen LogP contribution in [0.1, 0.15) is 41.5 Å². The van der Waals surface area contributed by atoms with E-state index in [1.54, 1.807) is 0 Å². The number of aromatic nitrogens is 1. The Morgan fingerprint density at radius 2 is 1.87 bits per heavy atom. The van der Waals surface area contributed by atoms with Gasteiger partial charge < -0.3 is 19.4 Å². The van der Waals surface area contributed by atoms with E-state index < -0.39 is 11.0 Å². The summed E-state index contributed by atoms with van der Waals surface area (Å²) >= 11 is 0. The number of nitriles is 3. The number of rotatable bonds is 8. The van der Waals surface area contributed by atoms with Crippen molar-refractivity contribution >= 4 is 33.3 Å². The van der Waals surface area contributed by atoms with E-state index in [0.717, 1.165) is 52.8 Å². The topological polar surface area (TPSA) is 124 Å². The van der Waals surface area contributed by atoms with Gasteiger partial charge in [0.1, 0.15) is 35.0 Å². The van der Waals surface area contributed by atoms with Gasteiger partial charge in [-0.15, -0.1) is 0 Å². The lowest BCUT2D eigenvalue weighted by Gasteiger charge is -2.41. The van der Waals surface area contributed by atoms with Gasteiger partial charge in [0.2, 0.25) is 5.88 Å². The van der Waals surface area contributed by atoms with E-state index in [1.807, 2.05) is 40.7 Å². The van der Waals surface area contributed by atoms with Gasteiger partial charge >= 0.3 is 0 Å². The molecule has 0 aliphatic carbocycles. The van der Waals surface area contributed by atoms with Crippen molar-refractivity contribution in [3.63, 3.8) is 0 Å². The summed E-state index contributed by atoms with van der Waals surface area (Å²) in [6.45, 7) is 7.83. The highest BCUT2D eigenvalue weighted by Gasteiger charge is 2.35. The van der Waals surface area contributed by atoms with Crippen molar-refractivity contribution < 1.29 is 8.95 Å². The molecule has 0 amide bonds. The van der Waals surface area contributed by atoms with Crippen LogP contribution in [0, 0.1) is 34.0 Å².